The van der Waals surface area contributed by atoms with Crippen LogP contribution in [0.4, 0.5) is 0 Å². The standard InChI is InChI=1S/C26H19ClN2OS.C4H6N2/c1-2-17-4-3-5-19(12-17)23-14-25(30)29(16-18-6-7-18)26-24(23)13-22(15-28-26)31-21-10-8-20(27)9-11-21;1-6-3-2-5-4-6/h1,3-5,8-15,18H,6-7,16H2;2-4H,1H3. The molecule has 2 aromatic carbocycles. The quantitative estimate of drug-likeness (QED) is 0.241. The highest BCUT2D eigenvalue weighted by molar-refractivity contribution is 7.99. The molecule has 0 saturated heterocycles. The molecule has 1 saturated carbocycles. The largest absolute Gasteiger partial charge is 0.341 e. The Labute approximate surface area is 225 Å². The Bertz CT molecular complexity index is 1630. The minimum atomic E-state index is -0.0221. The minimum absolute atomic E-state index is 0.0221. The topological polar surface area (TPSA) is 52.7 Å². The van der Waals surface area contributed by atoms with Gasteiger partial charge in [-0.15, -0.1) is 6.42 Å². The van der Waals surface area contributed by atoms with Crippen molar-refractivity contribution in [3.8, 4) is 23.5 Å². The van der Waals surface area contributed by atoms with E-state index in [0.29, 0.717) is 10.9 Å². The summed E-state index contributed by atoms with van der Waals surface area (Å²) in [7, 11) is 1.94. The Morgan fingerprint density at radius 2 is 1.92 bits per heavy atom. The second kappa shape index (κ2) is 11.1. The molecule has 0 aliphatic heterocycles. The summed E-state index contributed by atoms with van der Waals surface area (Å²) in [5.74, 6) is 3.25. The van der Waals surface area contributed by atoms with Crippen LogP contribution in [0, 0.1) is 18.3 Å². The molecule has 6 rings (SSSR count). The molecule has 3 heterocycles. The summed E-state index contributed by atoms with van der Waals surface area (Å²) in [6, 6.07) is 19.3. The lowest BCUT2D eigenvalue weighted by molar-refractivity contribution is 0.622. The molecular weight excluding hydrogens is 500 g/mol. The molecule has 0 amide bonds. The van der Waals surface area contributed by atoms with Crippen LogP contribution in [0.1, 0.15) is 18.4 Å². The molecular formula is C30H25ClN4OS. The van der Waals surface area contributed by atoms with Crippen molar-refractivity contribution in [2.24, 2.45) is 13.0 Å². The molecule has 1 fully saturated rings. The van der Waals surface area contributed by atoms with Gasteiger partial charge >= 0.3 is 0 Å². The average molecular weight is 525 g/mol. The van der Waals surface area contributed by atoms with Crippen molar-refractivity contribution in [3.05, 3.63) is 107 Å². The summed E-state index contributed by atoms with van der Waals surface area (Å²) in [6.45, 7) is 0.719. The van der Waals surface area contributed by atoms with Gasteiger partial charge in [-0.2, -0.15) is 0 Å². The fourth-order valence-electron chi connectivity index (χ4n) is 4.01. The highest BCUT2D eigenvalue weighted by Crippen LogP contribution is 2.35. The first-order valence-electron chi connectivity index (χ1n) is 12.0. The van der Waals surface area contributed by atoms with Crippen molar-refractivity contribution in [2.45, 2.75) is 29.2 Å². The maximum atomic E-state index is 13.0. The normalized spacial score (nSPS) is 12.6. The van der Waals surface area contributed by atoms with Gasteiger partial charge in [0.25, 0.3) is 5.56 Å². The Hall–Kier alpha value is -3.79. The third-order valence-electron chi connectivity index (χ3n) is 6.09. The number of imidazole rings is 1. The van der Waals surface area contributed by atoms with E-state index >= 15 is 0 Å². The van der Waals surface area contributed by atoms with Crippen molar-refractivity contribution >= 4 is 34.4 Å². The number of benzene rings is 2. The Balaban J connectivity index is 0.000000412. The molecule has 1 aliphatic carbocycles. The van der Waals surface area contributed by atoms with Crippen LogP contribution in [0.15, 0.2) is 100 Å². The molecule has 5 nitrogen and oxygen atoms in total. The Morgan fingerprint density at radius 1 is 1.11 bits per heavy atom. The third-order valence-corrected chi connectivity index (χ3v) is 7.30. The maximum Gasteiger partial charge on any atom is 0.252 e. The first-order valence-corrected chi connectivity index (χ1v) is 13.2. The van der Waals surface area contributed by atoms with Gasteiger partial charge in [0.05, 0.1) is 6.33 Å². The van der Waals surface area contributed by atoms with Crippen LogP contribution in [0.3, 0.4) is 0 Å². The van der Waals surface area contributed by atoms with Gasteiger partial charge in [-0.1, -0.05) is 41.4 Å². The molecule has 5 aromatic rings. The van der Waals surface area contributed by atoms with Crippen LogP contribution in [0.25, 0.3) is 22.2 Å². The van der Waals surface area contributed by atoms with Crippen LogP contribution in [-0.2, 0) is 13.6 Å². The van der Waals surface area contributed by atoms with Crippen LogP contribution in [-0.4, -0.2) is 19.1 Å². The lowest BCUT2D eigenvalue weighted by Gasteiger charge is -2.14. The molecule has 37 heavy (non-hydrogen) atoms. The van der Waals surface area contributed by atoms with Gasteiger partial charge in [0.15, 0.2) is 0 Å². The van der Waals surface area contributed by atoms with Crippen LogP contribution >= 0.6 is 23.4 Å². The minimum Gasteiger partial charge on any atom is -0.341 e. The molecule has 0 spiro atoms. The molecule has 184 valence electrons. The second-order valence-corrected chi connectivity index (χ2v) is 10.6. The van der Waals surface area contributed by atoms with Crippen molar-refractivity contribution in [1.82, 2.24) is 19.1 Å². The third kappa shape index (κ3) is 6.14. The fraction of sp³-hybridized carbons (Fsp3) is 0.167. The zero-order valence-corrected chi connectivity index (χ0v) is 21.9. The van der Waals surface area contributed by atoms with E-state index in [1.165, 1.54) is 12.8 Å². The number of halogens is 1. The van der Waals surface area contributed by atoms with Crippen LogP contribution < -0.4 is 5.56 Å². The molecule has 0 radical (unpaired) electrons. The Kier molecular flexibility index (Phi) is 7.45. The summed E-state index contributed by atoms with van der Waals surface area (Å²) in [4.78, 5) is 23.6. The predicted molar refractivity (Wildman–Crippen MR) is 151 cm³/mol. The number of hydrogen-bond donors (Lipinski definition) is 0. The molecule has 7 heteroatoms. The second-order valence-electron chi connectivity index (χ2n) is 9.00. The van der Waals surface area contributed by atoms with E-state index in [9.17, 15) is 4.79 Å². The lowest BCUT2D eigenvalue weighted by atomic mass is 10.0. The maximum absolute atomic E-state index is 13.0. The molecule has 0 atom stereocenters. The van der Waals surface area contributed by atoms with Gasteiger partial charge in [0, 0.05) is 64.0 Å². The van der Waals surface area contributed by atoms with E-state index in [4.69, 9.17) is 23.0 Å². The fourth-order valence-corrected chi connectivity index (χ4v) is 4.96. The number of pyridine rings is 2. The van der Waals surface area contributed by atoms with Crippen molar-refractivity contribution in [3.63, 3.8) is 0 Å². The van der Waals surface area contributed by atoms with Gasteiger partial charge in [0.2, 0.25) is 0 Å². The molecule has 0 bridgehead atoms. The van der Waals surface area contributed by atoms with E-state index in [2.05, 4.69) is 17.0 Å². The van der Waals surface area contributed by atoms with Gasteiger partial charge in [-0.25, -0.2) is 9.97 Å². The predicted octanol–water partition coefficient (Wildman–Crippen LogP) is 6.68. The summed E-state index contributed by atoms with van der Waals surface area (Å²) in [5.41, 5.74) is 3.27. The SMILES string of the molecule is C#Cc1cccc(-c2cc(=O)n(CC3CC3)c3ncc(Sc4ccc(Cl)cc4)cc23)c1.Cn1ccnc1. The van der Waals surface area contributed by atoms with Crippen molar-refractivity contribution < 1.29 is 0 Å². The van der Waals surface area contributed by atoms with Gasteiger partial charge in [-0.3, -0.25) is 9.36 Å². The summed E-state index contributed by atoms with van der Waals surface area (Å²) >= 11 is 7.64. The van der Waals surface area contributed by atoms with E-state index < -0.39 is 0 Å². The van der Waals surface area contributed by atoms with E-state index in [1.54, 1.807) is 30.4 Å². The van der Waals surface area contributed by atoms with E-state index in [0.717, 1.165) is 44.1 Å². The number of hydrogen-bond acceptors (Lipinski definition) is 4. The van der Waals surface area contributed by atoms with Crippen molar-refractivity contribution in [1.29, 1.82) is 0 Å². The highest BCUT2D eigenvalue weighted by atomic mass is 35.5. The average Bonchev–Trinajstić information content (AvgIpc) is 3.62. The van der Waals surface area contributed by atoms with Gasteiger partial charge in [0.1, 0.15) is 5.65 Å². The number of aryl methyl sites for hydroxylation is 1. The van der Waals surface area contributed by atoms with Crippen LogP contribution in [0.2, 0.25) is 5.02 Å². The zero-order chi connectivity index (χ0) is 25.8. The monoisotopic (exact) mass is 524 g/mol. The van der Waals surface area contributed by atoms with Crippen LogP contribution in [0.5, 0.6) is 0 Å². The number of aromatic nitrogens is 4. The zero-order valence-electron chi connectivity index (χ0n) is 20.3. The number of fused-ring (bicyclic) bond motifs is 1. The molecule has 0 N–H and O–H groups in total. The van der Waals surface area contributed by atoms with E-state index in [-0.39, 0.29) is 5.56 Å². The Morgan fingerprint density at radius 3 is 2.57 bits per heavy atom. The molecule has 0 unspecified atom stereocenters. The summed E-state index contributed by atoms with van der Waals surface area (Å²) < 4.78 is 3.71. The van der Waals surface area contributed by atoms with E-state index in [1.807, 2.05) is 77.1 Å². The first-order chi connectivity index (χ1) is 18.0. The number of terminal acetylenes is 1. The van der Waals surface area contributed by atoms with Gasteiger partial charge < -0.3 is 4.57 Å². The van der Waals surface area contributed by atoms with Gasteiger partial charge in [-0.05, 0) is 72.4 Å². The molecule has 1 aliphatic rings. The number of nitrogens with zero attached hydrogens (tertiary/aromatic N) is 4. The lowest BCUT2D eigenvalue weighted by Crippen LogP contribution is -2.22. The summed E-state index contributed by atoms with van der Waals surface area (Å²) in [5, 5.41) is 1.66. The smallest absolute Gasteiger partial charge is 0.252 e. The number of rotatable bonds is 5. The summed E-state index contributed by atoms with van der Waals surface area (Å²) in [6.07, 6.45) is 15.2. The first kappa shape index (κ1) is 24.9. The van der Waals surface area contributed by atoms with Crippen molar-refractivity contribution in [2.75, 3.05) is 0 Å². The highest BCUT2D eigenvalue weighted by Gasteiger charge is 2.24. The molecule has 3 aromatic heterocycles.